The summed E-state index contributed by atoms with van der Waals surface area (Å²) in [7, 11) is 0. The molecule has 200 valence electrons. The van der Waals surface area contributed by atoms with Gasteiger partial charge in [-0.1, -0.05) is 39.8 Å². The molecule has 0 bridgehead atoms. The lowest BCUT2D eigenvalue weighted by molar-refractivity contribution is -0.384. The molecule has 3 rings (SSSR count). The fourth-order valence-corrected chi connectivity index (χ4v) is 3.86. The van der Waals surface area contributed by atoms with Crippen molar-refractivity contribution in [1.29, 1.82) is 0 Å². The molecule has 0 spiro atoms. The summed E-state index contributed by atoms with van der Waals surface area (Å²) in [6, 6.07) is 13.7. The highest BCUT2D eigenvalue weighted by atomic mass is 16.6. The quantitative estimate of drug-likeness (QED) is 0.226. The average molecular weight is 518 g/mol. The number of amides is 2. The predicted octanol–water partition coefficient (Wildman–Crippen LogP) is 5.59. The number of nitrogens with zero attached hydrogens (tertiary/aromatic N) is 4. The molecule has 38 heavy (non-hydrogen) atoms. The maximum absolute atomic E-state index is 13.1. The molecular formula is C29H35N5O4. The van der Waals surface area contributed by atoms with Gasteiger partial charge in [-0.3, -0.25) is 19.7 Å². The van der Waals surface area contributed by atoms with E-state index in [9.17, 15) is 19.7 Å². The zero-order chi connectivity index (χ0) is 28.0. The second-order valence-electron chi connectivity index (χ2n) is 10.3. The number of hydrogen-bond donors (Lipinski definition) is 1. The molecule has 2 aromatic carbocycles. The minimum atomic E-state index is -0.475. The second kappa shape index (κ2) is 11.9. The number of carbonyl (C=O) groups excluding carboxylic acids is 2. The van der Waals surface area contributed by atoms with Crippen LogP contribution in [0.3, 0.4) is 0 Å². The Morgan fingerprint density at radius 1 is 1.13 bits per heavy atom. The van der Waals surface area contributed by atoms with E-state index in [1.54, 1.807) is 22.9 Å². The number of aryl methyl sites for hydroxylation is 1. The molecule has 0 saturated heterocycles. The Kier molecular flexibility index (Phi) is 8.83. The average Bonchev–Trinajstić information content (AvgIpc) is 3.28. The number of anilines is 1. The smallest absolute Gasteiger partial charge is 0.269 e. The van der Waals surface area contributed by atoms with Crippen molar-refractivity contribution in [2.45, 2.75) is 53.4 Å². The van der Waals surface area contributed by atoms with Gasteiger partial charge in [0.25, 0.3) is 5.69 Å². The van der Waals surface area contributed by atoms with E-state index in [1.807, 2.05) is 45.0 Å². The van der Waals surface area contributed by atoms with Crippen molar-refractivity contribution < 1.29 is 14.5 Å². The van der Waals surface area contributed by atoms with E-state index in [-0.39, 0.29) is 29.5 Å². The van der Waals surface area contributed by atoms with Crippen LogP contribution in [0.25, 0.3) is 11.8 Å². The summed E-state index contributed by atoms with van der Waals surface area (Å²) in [5.74, 6) is -0.111. The summed E-state index contributed by atoms with van der Waals surface area (Å²) in [6.07, 6.45) is 3.64. The third-order valence-corrected chi connectivity index (χ3v) is 6.21. The minimum absolute atomic E-state index is 0.0209. The third-order valence-electron chi connectivity index (χ3n) is 6.21. The van der Waals surface area contributed by atoms with E-state index in [4.69, 9.17) is 5.10 Å². The van der Waals surface area contributed by atoms with Gasteiger partial charge in [-0.05, 0) is 61.2 Å². The lowest BCUT2D eigenvalue weighted by Crippen LogP contribution is -2.37. The van der Waals surface area contributed by atoms with Crippen molar-refractivity contribution in [3.63, 3.8) is 0 Å². The molecule has 0 aliphatic heterocycles. The maximum Gasteiger partial charge on any atom is 0.269 e. The first-order valence-corrected chi connectivity index (χ1v) is 12.6. The van der Waals surface area contributed by atoms with Crippen LogP contribution >= 0.6 is 0 Å². The number of non-ortho nitro benzene ring substituents is 1. The van der Waals surface area contributed by atoms with Gasteiger partial charge in [0.05, 0.1) is 16.3 Å². The van der Waals surface area contributed by atoms with Crippen molar-refractivity contribution in [3.05, 3.63) is 87.1 Å². The van der Waals surface area contributed by atoms with E-state index < -0.39 is 4.92 Å². The molecule has 0 fully saturated rings. The van der Waals surface area contributed by atoms with Gasteiger partial charge in [0.15, 0.2) is 0 Å². The first-order chi connectivity index (χ1) is 17.9. The van der Waals surface area contributed by atoms with Crippen LogP contribution in [0.1, 0.15) is 56.5 Å². The van der Waals surface area contributed by atoms with Crippen molar-refractivity contribution in [3.8, 4) is 5.69 Å². The van der Waals surface area contributed by atoms with Gasteiger partial charge in [-0.25, -0.2) is 4.68 Å². The predicted molar refractivity (Wildman–Crippen MR) is 149 cm³/mol. The Hall–Kier alpha value is -4.27. The van der Waals surface area contributed by atoms with Crippen molar-refractivity contribution in [2.24, 2.45) is 0 Å². The molecule has 9 heteroatoms. The fourth-order valence-electron chi connectivity index (χ4n) is 3.86. The molecule has 1 heterocycles. The van der Waals surface area contributed by atoms with Gasteiger partial charge in [0.2, 0.25) is 11.8 Å². The van der Waals surface area contributed by atoms with Crippen molar-refractivity contribution in [2.75, 3.05) is 18.4 Å². The van der Waals surface area contributed by atoms with Gasteiger partial charge in [0.1, 0.15) is 12.4 Å². The summed E-state index contributed by atoms with van der Waals surface area (Å²) in [5, 5.41) is 18.6. The Morgan fingerprint density at radius 3 is 2.42 bits per heavy atom. The van der Waals surface area contributed by atoms with Gasteiger partial charge in [-0.15, -0.1) is 0 Å². The maximum atomic E-state index is 13.1. The SMILES string of the molecule is CCCN(CC(=O)Nc1cc(C(C)(C)C)nn1-c1cccc(C)c1C)C(=O)C=Cc1ccc([N+](=O)[O-])cc1. The summed E-state index contributed by atoms with van der Waals surface area (Å²) >= 11 is 0. The van der Waals surface area contributed by atoms with Crippen LogP contribution in [0, 0.1) is 24.0 Å². The van der Waals surface area contributed by atoms with Crippen LogP contribution in [0.15, 0.2) is 54.6 Å². The monoisotopic (exact) mass is 517 g/mol. The molecule has 0 unspecified atom stereocenters. The van der Waals surface area contributed by atoms with Crippen LogP contribution in [-0.4, -0.2) is 44.5 Å². The molecule has 9 nitrogen and oxygen atoms in total. The first-order valence-electron chi connectivity index (χ1n) is 12.6. The van der Waals surface area contributed by atoms with E-state index in [0.717, 1.165) is 22.5 Å². The number of nitro groups is 1. The number of hydrogen-bond acceptors (Lipinski definition) is 5. The number of nitrogens with one attached hydrogen (secondary N) is 1. The zero-order valence-corrected chi connectivity index (χ0v) is 22.8. The fraction of sp³-hybridized carbons (Fsp3) is 0.345. The van der Waals surface area contributed by atoms with Crippen LogP contribution in [0.5, 0.6) is 0 Å². The number of carbonyl (C=O) groups is 2. The molecule has 0 aliphatic rings. The van der Waals surface area contributed by atoms with Crippen LogP contribution in [0.2, 0.25) is 0 Å². The Labute approximate surface area is 223 Å². The van der Waals surface area contributed by atoms with Crippen LogP contribution in [0.4, 0.5) is 11.5 Å². The summed E-state index contributed by atoms with van der Waals surface area (Å²) in [4.78, 5) is 37.9. The highest BCUT2D eigenvalue weighted by molar-refractivity contribution is 5.98. The lowest BCUT2D eigenvalue weighted by Gasteiger charge is -2.20. The molecule has 2 amide bonds. The number of aromatic nitrogens is 2. The Bertz CT molecular complexity index is 1350. The van der Waals surface area contributed by atoms with Crippen molar-refractivity contribution >= 4 is 29.4 Å². The number of benzene rings is 2. The number of nitro benzene ring substituents is 1. The normalized spacial score (nSPS) is 11.5. The standard InChI is InChI=1S/C29H35N5O4/c1-7-17-32(28(36)16-13-22-11-14-23(15-12-22)34(37)38)19-27(35)30-26-18-25(29(4,5)6)31-33(26)24-10-8-9-20(2)21(24)3/h8-16,18H,7,17,19H2,1-6H3,(H,30,35). The molecule has 0 radical (unpaired) electrons. The molecule has 1 aromatic heterocycles. The van der Waals surface area contributed by atoms with Crippen LogP contribution in [-0.2, 0) is 15.0 Å². The highest BCUT2D eigenvalue weighted by Gasteiger charge is 2.23. The summed E-state index contributed by atoms with van der Waals surface area (Å²) < 4.78 is 1.75. The Morgan fingerprint density at radius 2 is 1.82 bits per heavy atom. The van der Waals surface area contributed by atoms with E-state index in [0.29, 0.717) is 24.3 Å². The van der Waals surface area contributed by atoms with E-state index >= 15 is 0 Å². The molecule has 0 aliphatic carbocycles. The molecule has 0 saturated carbocycles. The largest absolute Gasteiger partial charge is 0.330 e. The second-order valence-corrected chi connectivity index (χ2v) is 10.3. The summed E-state index contributed by atoms with van der Waals surface area (Å²) in [5.41, 5.74) is 4.29. The van der Waals surface area contributed by atoms with Crippen molar-refractivity contribution in [1.82, 2.24) is 14.7 Å². The van der Waals surface area contributed by atoms with Gasteiger partial charge >= 0.3 is 0 Å². The molecular weight excluding hydrogens is 482 g/mol. The lowest BCUT2D eigenvalue weighted by atomic mass is 9.92. The van der Waals surface area contributed by atoms with Gasteiger partial charge in [-0.2, -0.15) is 5.10 Å². The Balaban J connectivity index is 1.80. The minimum Gasteiger partial charge on any atom is -0.330 e. The van der Waals surface area contributed by atoms with Gasteiger partial charge in [0, 0.05) is 36.2 Å². The topological polar surface area (TPSA) is 110 Å². The van der Waals surface area contributed by atoms with E-state index in [1.165, 1.54) is 23.1 Å². The van der Waals surface area contributed by atoms with Gasteiger partial charge < -0.3 is 10.2 Å². The highest BCUT2D eigenvalue weighted by Crippen LogP contribution is 2.28. The molecule has 3 aromatic rings. The zero-order valence-electron chi connectivity index (χ0n) is 22.8. The van der Waals surface area contributed by atoms with E-state index in [2.05, 4.69) is 26.1 Å². The van der Waals surface area contributed by atoms with Crippen LogP contribution < -0.4 is 5.32 Å². The molecule has 1 N–H and O–H groups in total. The molecule has 0 atom stereocenters. The summed E-state index contributed by atoms with van der Waals surface area (Å²) in [6.45, 7) is 12.5. The number of rotatable bonds is 9. The first kappa shape index (κ1) is 28.3. The third kappa shape index (κ3) is 6.94.